The maximum Gasteiger partial charge on any atom is 0.0655 e. The van der Waals surface area contributed by atoms with Crippen molar-refractivity contribution in [3.63, 3.8) is 0 Å². The smallest absolute Gasteiger partial charge is 0.0655 e. The van der Waals surface area contributed by atoms with E-state index in [2.05, 4.69) is 19.2 Å². The summed E-state index contributed by atoms with van der Waals surface area (Å²) in [6.45, 7) is 5.47. The third-order valence-corrected chi connectivity index (χ3v) is 3.83. The second-order valence-electron chi connectivity index (χ2n) is 4.22. The first-order valence-electron chi connectivity index (χ1n) is 5.36. The summed E-state index contributed by atoms with van der Waals surface area (Å²) in [5.41, 5.74) is 2.35. The number of anilines is 1. The minimum absolute atomic E-state index is 0.543. The topological polar surface area (TPSA) is 12.0 Å². The van der Waals surface area contributed by atoms with E-state index >= 15 is 0 Å². The van der Waals surface area contributed by atoms with Gasteiger partial charge in [0.25, 0.3) is 0 Å². The predicted octanol–water partition coefficient (Wildman–Crippen LogP) is 4.55. The molecule has 0 bridgehead atoms. The molecular formula is C12H15Cl2N. The van der Waals surface area contributed by atoms with Gasteiger partial charge in [0.2, 0.25) is 0 Å². The van der Waals surface area contributed by atoms with E-state index < -0.39 is 0 Å². The molecule has 0 aliphatic carbocycles. The highest BCUT2D eigenvalue weighted by atomic mass is 35.5. The molecular weight excluding hydrogens is 229 g/mol. The van der Waals surface area contributed by atoms with Crippen LogP contribution in [0, 0.1) is 5.92 Å². The number of fused-ring (bicyclic) bond motifs is 1. The van der Waals surface area contributed by atoms with Crippen molar-refractivity contribution in [2.75, 3.05) is 11.9 Å². The second-order valence-corrected chi connectivity index (χ2v) is 5.07. The van der Waals surface area contributed by atoms with Crippen LogP contribution in [0.3, 0.4) is 0 Å². The molecule has 0 radical (unpaired) electrons. The lowest BCUT2D eigenvalue weighted by molar-refractivity contribution is 0.472. The van der Waals surface area contributed by atoms with Crippen LogP contribution in [0.15, 0.2) is 12.1 Å². The van der Waals surface area contributed by atoms with Gasteiger partial charge in [0.05, 0.1) is 10.7 Å². The first-order chi connectivity index (χ1) is 7.13. The predicted molar refractivity (Wildman–Crippen MR) is 67.1 cm³/mol. The monoisotopic (exact) mass is 243 g/mol. The van der Waals surface area contributed by atoms with Crippen molar-refractivity contribution in [3.8, 4) is 0 Å². The lowest BCUT2D eigenvalue weighted by atomic mass is 9.87. The number of nitrogens with one attached hydrogen (secondary N) is 1. The molecule has 3 heteroatoms. The Bertz CT molecular complexity index is 376. The van der Waals surface area contributed by atoms with Crippen LogP contribution in [-0.2, 0) is 0 Å². The van der Waals surface area contributed by atoms with Crippen molar-refractivity contribution in [2.24, 2.45) is 5.92 Å². The molecule has 1 aromatic carbocycles. The molecule has 1 nitrogen and oxygen atoms in total. The Morgan fingerprint density at radius 2 is 2.20 bits per heavy atom. The number of rotatable bonds is 2. The van der Waals surface area contributed by atoms with Crippen LogP contribution in [0.25, 0.3) is 0 Å². The van der Waals surface area contributed by atoms with E-state index in [0.29, 0.717) is 11.8 Å². The molecule has 0 amide bonds. The SMILES string of the molecule is CCC(C)C1CNc2c(Cl)cc(Cl)cc21. The van der Waals surface area contributed by atoms with Crippen molar-refractivity contribution in [3.05, 3.63) is 27.7 Å². The summed E-state index contributed by atoms with van der Waals surface area (Å²) in [4.78, 5) is 0. The molecule has 1 aliphatic heterocycles. The summed E-state index contributed by atoms with van der Waals surface area (Å²) in [6, 6.07) is 3.84. The molecule has 0 saturated carbocycles. The lowest BCUT2D eigenvalue weighted by Crippen LogP contribution is -2.10. The fourth-order valence-electron chi connectivity index (χ4n) is 2.19. The molecule has 0 fully saturated rings. The number of hydrogen-bond acceptors (Lipinski definition) is 1. The van der Waals surface area contributed by atoms with E-state index in [1.165, 1.54) is 12.0 Å². The molecule has 0 saturated heterocycles. The van der Waals surface area contributed by atoms with Gasteiger partial charge in [-0.2, -0.15) is 0 Å². The molecule has 15 heavy (non-hydrogen) atoms. The van der Waals surface area contributed by atoms with Gasteiger partial charge in [-0.1, -0.05) is 43.5 Å². The van der Waals surface area contributed by atoms with E-state index in [1.807, 2.05) is 6.07 Å². The Hall–Kier alpha value is -0.400. The van der Waals surface area contributed by atoms with Gasteiger partial charge in [-0.25, -0.2) is 0 Å². The van der Waals surface area contributed by atoms with Crippen molar-refractivity contribution in [1.29, 1.82) is 0 Å². The fraction of sp³-hybridized carbons (Fsp3) is 0.500. The maximum atomic E-state index is 6.14. The first-order valence-corrected chi connectivity index (χ1v) is 6.12. The molecule has 82 valence electrons. The summed E-state index contributed by atoms with van der Waals surface area (Å²) >= 11 is 12.2. The molecule has 2 atom stereocenters. The molecule has 0 aromatic heterocycles. The zero-order valence-electron chi connectivity index (χ0n) is 8.98. The normalized spacial score (nSPS) is 20.9. The lowest BCUT2D eigenvalue weighted by Gasteiger charge is -2.17. The van der Waals surface area contributed by atoms with Gasteiger partial charge in [-0.15, -0.1) is 0 Å². The Morgan fingerprint density at radius 3 is 2.87 bits per heavy atom. The Kier molecular flexibility index (Phi) is 3.13. The Morgan fingerprint density at radius 1 is 1.47 bits per heavy atom. The van der Waals surface area contributed by atoms with Crippen LogP contribution in [0.5, 0.6) is 0 Å². The van der Waals surface area contributed by atoms with Gasteiger partial charge in [0.1, 0.15) is 0 Å². The Balaban J connectivity index is 2.41. The summed E-state index contributed by atoms with van der Waals surface area (Å²) in [7, 11) is 0. The molecule has 1 N–H and O–H groups in total. The molecule has 2 unspecified atom stereocenters. The minimum atomic E-state index is 0.543. The summed E-state index contributed by atoms with van der Waals surface area (Å²) in [5, 5.41) is 4.84. The molecule has 1 aromatic rings. The quantitative estimate of drug-likeness (QED) is 0.804. The molecule has 1 heterocycles. The zero-order chi connectivity index (χ0) is 11.0. The fourth-order valence-corrected chi connectivity index (χ4v) is 2.76. The Labute approximate surface area is 101 Å². The van der Waals surface area contributed by atoms with E-state index in [0.717, 1.165) is 22.3 Å². The number of hydrogen-bond donors (Lipinski definition) is 1. The minimum Gasteiger partial charge on any atom is -0.383 e. The highest BCUT2D eigenvalue weighted by molar-refractivity contribution is 6.36. The largest absolute Gasteiger partial charge is 0.383 e. The summed E-state index contributed by atoms with van der Waals surface area (Å²) in [5.74, 6) is 1.20. The van der Waals surface area contributed by atoms with E-state index in [1.54, 1.807) is 6.07 Å². The van der Waals surface area contributed by atoms with Gasteiger partial charge in [-0.3, -0.25) is 0 Å². The van der Waals surface area contributed by atoms with Crippen LogP contribution in [0.2, 0.25) is 10.0 Å². The van der Waals surface area contributed by atoms with Gasteiger partial charge >= 0.3 is 0 Å². The van der Waals surface area contributed by atoms with Crippen molar-refractivity contribution in [2.45, 2.75) is 26.2 Å². The van der Waals surface area contributed by atoms with Crippen LogP contribution in [0.1, 0.15) is 31.7 Å². The van der Waals surface area contributed by atoms with Crippen LogP contribution in [-0.4, -0.2) is 6.54 Å². The standard InChI is InChI=1S/C12H15Cl2N/c1-3-7(2)10-6-15-12-9(10)4-8(13)5-11(12)14/h4-5,7,10,15H,3,6H2,1-2H3. The number of halogens is 2. The third-order valence-electron chi connectivity index (χ3n) is 3.31. The van der Waals surface area contributed by atoms with Crippen LogP contribution in [0.4, 0.5) is 5.69 Å². The van der Waals surface area contributed by atoms with Gasteiger partial charge in [0, 0.05) is 17.5 Å². The average molecular weight is 244 g/mol. The van der Waals surface area contributed by atoms with Gasteiger partial charge in [0.15, 0.2) is 0 Å². The third kappa shape index (κ3) is 1.95. The molecule has 1 aliphatic rings. The van der Waals surface area contributed by atoms with Crippen molar-refractivity contribution < 1.29 is 0 Å². The van der Waals surface area contributed by atoms with E-state index in [4.69, 9.17) is 23.2 Å². The first kappa shape index (κ1) is 11.1. The molecule has 0 spiro atoms. The van der Waals surface area contributed by atoms with Gasteiger partial charge < -0.3 is 5.32 Å². The van der Waals surface area contributed by atoms with E-state index in [9.17, 15) is 0 Å². The summed E-state index contributed by atoms with van der Waals surface area (Å²) in [6.07, 6.45) is 1.18. The average Bonchev–Trinajstić information content (AvgIpc) is 2.60. The van der Waals surface area contributed by atoms with Crippen molar-refractivity contribution >= 4 is 28.9 Å². The molecule has 2 rings (SSSR count). The highest BCUT2D eigenvalue weighted by Crippen LogP contribution is 2.42. The summed E-state index contributed by atoms with van der Waals surface area (Å²) < 4.78 is 0. The van der Waals surface area contributed by atoms with Crippen LogP contribution < -0.4 is 5.32 Å². The number of benzene rings is 1. The highest BCUT2D eigenvalue weighted by Gasteiger charge is 2.28. The van der Waals surface area contributed by atoms with E-state index in [-0.39, 0.29) is 0 Å². The van der Waals surface area contributed by atoms with Gasteiger partial charge in [-0.05, 0) is 23.6 Å². The van der Waals surface area contributed by atoms with Crippen molar-refractivity contribution in [1.82, 2.24) is 0 Å². The second kappa shape index (κ2) is 4.23. The maximum absolute atomic E-state index is 6.14. The van der Waals surface area contributed by atoms with Crippen LogP contribution >= 0.6 is 23.2 Å². The zero-order valence-corrected chi connectivity index (χ0v) is 10.5.